The number of carbonyl (C=O) groups excluding carboxylic acids is 2. The standard InChI is InChI=1S/C28H26N2O5/c1-2-25(27(33)29-19-14-11-18(12-15-19)13-16-26(31)32)30-28(34)35-17-24-22-9-5-3-7-20(22)21-8-4-6-10-23(21)24/h3-16,24-25H,2,17H2,1H3,(H,29,33)(H,30,34)(H,31,32)/b16-13+/t25-/m1/s1. The van der Waals surface area contributed by atoms with Gasteiger partial charge in [0.15, 0.2) is 0 Å². The van der Waals surface area contributed by atoms with E-state index in [0.29, 0.717) is 17.7 Å². The van der Waals surface area contributed by atoms with Crippen LogP contribution in [0.1, 0.15) is 36.0 Å². The number of alkyl carbamates (subject to hydrolysis) is 1. The first-order chi connectivity index (χ1) is 17.0. The third-order valence-electron chi connectivity index (χ3n) is 5.96. The fourth-order valence-electron chi connectivity index (χ4n) is 4.21. The first kappa shape index (κ1) is 23.8. The van der Waals surface area contributed by atoms with E-state index in [4.69, 9.17) is 9.84 Å². The van der Waals surface area contributed by atoms with Gasteiger partial charge in [0.1, 0.15) is 12.6 Å². The van der Waals surface area contributed by atoms with Crippen LogP contribution in [0.4, 0.5) is 10.5 Å². The molecule has 0 radical (unpaired) electrons. The monoisotopic (exact) mass is 470 g/mol. The van der Waals surface area contributed by atoms with Crippen LogP contribution in [0.3, 0.4) is 0 Å². The van der Waals surface area contributed by atoms with Gasteiger partial charge in [0.25, 0.3) is 0 Å². The third-order valence-corrected chi connectivity index (χ3v) is 5.96. The molecule has 1 atom stereocenters. The van der Waals surface area contributed by atoms with Crippen molar-refractivity contribution >= 4 is 29.7 Å². The van der Waals surface area contributed by atoms with Crippen molar-refractivity contribution in [3.8, 4) is 11.1 Å². The van der Waals surface area contributed by atoms with Gasteiger partial charge in [0.2, 0.25) is 5.91 Å². The highest BCUT2D eigenvalue weighted by Gasteiger charge is 2.29. The van der Waals surface area contributed by atoms with E-state index in [2.05, 4.69) is 22.8 Å². The number of carboxylic acid groups (broad SMARTS) is 1. The van der Waals surface area contributed by atoms with Crippen LogP contribution in [0.5, 0.6) is 0 Å². The lowest BCUT2D eigenvalue weighted by molar-refractivity contribution is -0.131. The summed E-state index contributed by atoms with van der Waals surface area (Å²) in [6, 6.07) is 22.1. The summed E-state index contributed by atoms with van der Waals surface area (Å²) < 4.78 is 5.55. The molecule has 0 aromatic heterocycles. The third kappa shape index (κ3) is 5.58. The Labute approximate surface area is 203 Å². The van der Waals surface area contributed by atoms with Crippen LogP contribution in [0.2, 0.25) is 0 Å². The highest BCUT2D eigenvalue weighted by molar-refractivity contribution is 5.96. The molecule has 0 spiro atoms. The van der Waals surface area contributed by atoms with Gasteiger partial charge < -0.3 is 20.5 Å². The molecule has 7 heteroatoms. The molecule has 0 saturated heterocycles. The molecule has 3 aromatic rings. The predicted molar refractivity (Wildman–Crippen MR) is 134 cm³/mol. The van der Waals surface area contributed by atoms with Gasteiger partial charge in [-0.05, 0) is 52.4 Å². The number of fused-ring (bicyclic) bond motifs is 3. The number of hydrogen-bond donors (Lipinski definition) is 3. The lowest BCUT2D eigenvalue weighted by atomic mass is 9.98. The summed E-state index contributed by atoms with van der Waals surface area (Å²) in [7, 11) is 0. The molecule has 3 aromatic carbocycles. The van der Waals surface area contributed by atoms with E-state index in [-0.39, 0.29) is 18.4 Å². The van der Waals surface area contributed by atoms with Crippen molar-refractivity contribution in [2.75, 3.05) is 11.9 Å². The second-order valence-corrected chi connectivity index (χ2v) is 8.21. The maximum absolute atomic E-state index is 12.7. The molecule has 178 valence electrons. The van der Waals surface area contributed by atoms with Crippen LogP contribution >= 0.6 is 0 Å². The number of carboxylic acids is 1. The first-order valence-corrected chi connectivity index (χ1v) is 11.4. The lowest BCUT2D eigenvalue weighted by Crippen LogP contribution is -2.43. The molecule has 0 bridgehead atoms. The van der Waals surface area contributed by atoms with E-state index in [1.807, 2.05) is 36.4 Å². The number of nitrogens with one attached hydrogen (secondary N) is 2. The average molecular weight is 471 g/mol. The molecule has 0 fully saturated rings. The largest absolute Gasteiger partial charge is 0.478 e. The normalized spacial score (nSPS) is 13.1. The maximum atomic E-state index is 12.7. The number of hydrogen-bond acceptors (Lipinski definition) is 4. The fraction of sp³-hybridized carbons (Fsp3) is 0.179. The van der Waals surface area contributed by atoms with E-state index in [1.165, 1.54) is 6.08 Å². The molecular weight excluding hydrogens is 444 g/mol. The summed E-state index contributed by atoms with van der Waals surface area (Å²) in [5.74, 6) is -1.46. The van der Waals surface area contributed by atoms with Crippen molar-refractivity contribution in [1.82, 2.24) is 5.32 Å². The number of amides is 2. The molecular formula is C28H26N2O5. The minimum Gasteiger partial charge on any atom is -0.478 e. The molecule has 1 aliphatic rings. The Morgan fingerprint density at radius 1 is 0.943 bits per heavy atom. The summed E-state index contributed by atoms with van der Waals surface area (Å²) >= 11 is 0. The van der Waals surface area contributed by atoms with Crippen molar-refractivity contribution in [1.29, 1.82) is 0 Å². The molecule has 0 aliphatic heterocycles. The minimum absolute atomic E-state index is 0.0595. The topological polar surface area (TPSA) is 105 Å². The zero-order chi connectivity index (χ0) is 24.8. The number of anilines is 1. The minimum atomic E-state index is -1.03. The SMILES string of the molecule is CC[C@@H](NC(=O)OCC1c2ccccc2-c2ccccc21)C(=O)Nc1ccc(/C=C/C(=O)O)cc1. The van der Waals surface area contributed by atoms with Crippen LogP contribution in [0.25, 0.3) is 17.2 Å². The Balaban J connectivity index is 1.34. The maximum Gasteiger partial charge on any atom is 0.407 e. The Bertz CT molecular complexity index is 1220. The summed E-state index contributed by atoms with van der Waals surface area (Å²) in [5.41, 5.74) is 5.75. The molecule has 0 unspecified atom stereocenters. The van der Waals surface area contributed by atoms with Gasteiger partial charge in [-0.25, -0.2) is 9.59 Å². The fourth-order valence-corrected chi connectivity index (χ4v) is 4.21. The number of carbonyl (C=O) groups is 3. The Morgan fingerprint density at radius 3 is 2.11 bits per heavy atom. The number of benzene rings is 3. The second kappa shape index (κ2) is 10.7. The molecule has 4 rings (SSSR count). The van der Waals surface area contributed by atoms with Gasteiger partial charge in [0, 0.05) is 17.7 Å². The van der Waals surface area contributed by atoms with Crippen molar-refractivity contribution in [2.24, 2.45) is 0 Å². The van der Waals surface area contributed by atoms with Crippen LogP contribution in [-0.2, 0) is 14.3 Å². The lowest BCUT2D eigenvalue weighted by Gasteiger charge is -2.19. The number of rotatable bonds is 8. The van der Waals surface area contributed by atoms with Crippen molar-refractivity contribution in [2.45, 2.75) is 25.3 Å². The zero-order valence-electron chi connectivity index (χ0n) is 19.2. The van der Waals surface area contributed by atoms with Gasteiger partial charge >= 0.3 is 12.1 Å². The summed E-state index contributed by atoms with van der Waals surface area (Å²) in [6.45, 7) is 1.97. The van der Waals surface area contributed by atoms with E-state index in [9.17, 15) is 14.4 Å². The van der Waals surface area contributed by atoms with Crippen molar-refractivity contribution in [3.05, 3.63) is 95.6 Å². The molecule has 2 amide bonds. The van der Waals surface area contributed by atoms with Crippen molar-refractivity contribution in [3.63, 3.8) is 0 Å². The average Bonchev–Trinajstić information content (AvgIpc) is 3.19. The van der Waals surface area contributed by atoms with Crippen LogP contribution < -0.4 is 10.6 Å². The summed E-state index contributed by atoms with van der Waals surface area (Å²) in [5, 5.41) is 14.1. The molecule has 35 heavy (non-hydrogen) atoms. The van der Waals surface area contributed by atoms with Gasteiger partial charge in [-0.2, -0.15) is 0 Å². The molecule has 1 aliphatic carbocycles. The van der Waals surface area contributed by atoms with Crippen LogP contribution in [-0.4, -0.2) is 35.7 Å². The molecule has 3 N–H and O–H groups in total. The van der Waals surface area contributed by atoms with E-state index in [0.717, 1.165) is 28.3 Å². The van der Waals surface area contributed by atoms with Crippen LogP contribution in [0, 0.1) is 0 Å². The van der Waals surface area contributed by atoms with Gasteiger partial charge in [0.05, 0.1) is 0 Å². The number of aliphatic carboxylic acids is 1. The van der Waals surface area contributed by atoms with E-state index < -0.39 is 18.1 Å². The highest BCUT2D eigenvalue weighted by Crippen LogP contribution is 2.44. The highest BCUT2D eigenvalue weighted by atomic mass is 16.5. The smallest absolute Gasteiger partial charge is 0.407 e. The Morgan fingerprint density at radius 2 is 1.54 bits per heavy atom. The number of ether oxygens (including phenoxy) is 1. The first-order valence-electron chi connectivity index (χ1n) is 11.4. The molecule has 0 heterocycles. The van der Waals surface area contributed by atoms with Gasteiger partial charge in [-0.1, -0.05) is 67.6 Å². The molecule has 0 saturated carbocycles. The van der Waals surface area contributed by atoms with E-state index >= 15 is 0 Å². The van der Waals surface area contributed by atoms with Crippen LogP contribution in [0.15, 0.2) is 78.9 Å². The second-order valence-electron chi connectivity index (χ2n) is 8.21. The van der Waals surface area contributed by atoms with E-state index in [1.54, 1.807) is 31.2 Å². The van der Waals surface area contributed by atoms with Crippen molar-refractivity contribution < 1.29 is 24.2 Å². The Kier molecular flexibility index (Phi) is 7.26. The summed E-state index contributed by atoms with van der Waals surface area (Å²) in [6.07, 6.45) is 2.23. The quantitative estimate of drug-likeness (QED) is 0.400. The van der Waals surface area contributed by atoms with Gasteiger partial charge in [-0.3, -0.25) is 4.79 Å². The zero-order valence-corrected chi connectivity index (χ0v) is 19.2. The molecule has 7 nitrogen and oxygen atoms in total. The Hall–Kier alpha value is -4.39. The summed E-state index contributed by atoms with van der Waals surface area (Å²) in [4.78, 5) is 35.9. The van der Waals surface area contributed by atoms with Gasteiger partial charge in [-0.15, -0.1) is 0 Å². The predicted octanol–water partition coefficient (Wildman–Crippen LogP) is 5.04.